The van der Waals surface area contributed by atoms with Crippen LogP contribution in [0.5, 0.6) is 0 Å². The number of halogens is 1. The van der Waals surface area contributed by atoms with Gasteiger partial charge in [0.1, 0.15) is 0 Å². The molecule has 0 radical (unpaired) electrons. The van der Waals surface area contributed by atoms with E-state index in [0.717, 1.165) is 5.56 Å². The lowest BCUT2D eigenvalue weighted by atomic mass is 10.2. The van der Waals surface area contributed by atoms with Crippen LogP contribution in [0.25, 0.3) is 22.9 Å². The van der Waals surface area contributed by atoms with Gasteiger partial charge >= 0.3 is 0 Å². The molecule has 2 aromatic carbocycles. The van der Waals surface area contributed by atoms with Crippen molar-refractivity contribution in [2.75, 3.05) is 7.05 Å². The fraction of sp³-hybridized carbons (Fsp3) is 0.0667. The lowest BCUT2D eigenvalue weighted by molar-refractivity contribution is 0.583. The third kappa shape index (κ3) is 3.12. The minimum Gasteiger partial charge on any atom is -0.416 e. The number of aromatic nitrogens is 2. The van der Waals surface area contributed by atoms with E-state index in [4.69, 9.17) is 16.0 Å². The van der Waals surface area contributed by atoms with E-state index in [1.165, 1.54) is 25.2 Å². The molecule has 0 aliphatic heterocycles. The molecule has 1 N–H and O–H groups in total. The van der Waals surface area contributed by atoms with E-state index < -0.39 is 10.0 Å². The van der Waals surface area contributed by atoms with Crippen molar-refractivity contribution in [2.24, 2.45) is 0 Å². The van der Waals surface area contributed by atoms with Crippen LogP contribution in [0, 0.1) is 0 Å². The second-order valence-corrected chi connectivity index (χ2v) is 6.92. The van der Waals surface area contributed by atoms with Gasteiger partial charge in [0.15, 0.2) is 0 Å². The van der Waals surface area contributed by atoms with E-state index in [-0.39, 0.29) is 10.8 Å². The molecule has 3 rings (SSSR count). The Morgan fingerprint density at radius 2 is 1.74 bits per heavy atom. The van der Waals surface area contributed by atoms with Gasteiger partial charge in [-0.25, -0.2) is 13.1 Å². The fourth-order valence-corrected chi connectivity index (χ4v) is 2.94. The number of hydrogen-bond acceptors (Lipinski definition) is 5. The first-order valence-corrected chi connectivity index (χ1v) is 8.50. The summed E-state index contributed by atoms with van der Waals surface area (Å²) in [5, 5.41) is 8.25. The summed E-state index contributed by atoms with van der Waals surface area (Å²) in [4.78, 5) is 0.0684. The molecule has 1 aromatic heterocycles. The van der Waals surface area contributed by atoms with Crippen LogP contribution in [-0.2, 0) is 10.0 Å². The Morgan fingerprint density at radius 1 is 1.04 bits per heavy atom. The predicted molar refractivity (Wildman–Crippen MR) is 86.4 cm³/mol. The molecule has 0 unspecified atom stereocenters. The molecule has 0 atom stereocenters. The lowest BCUT2D eigenvalue weighted by Gasteiger charge is -2.05. The van der Waals surface area contributed by atoms with Crippen LogP contribution < -0.4 is 4.72 Å². The van der Waals surface area contributed by atoms with Gasteiger partial charge < -0.3 is 4.42 Å². The normalized spacial score (nSPS) is 11.6. The Balaban J connectivity index is 2.06. The molecular weight excluding hydrogens is 338 g/mol. The van der Waals surface area contributed by atoms with Gasteiger partial charge in [0, 0.05) is 5.56 Å². The molecular formula is C15H12ClN3O3S. The van der Waals surface area contributed by atoms with Crippen molar-refractivity contribution in [3.8, 4) is 22.9 Å². The van der Waals surface area contributed by atoms with Crippen molar-refractivity contribution in [1.82, 2.24) is 14.9 Å². The highest BCUT2D eigenvalue weighted by molar-refractivity contribution is 7.89. The van der Waals surface area contributed by atoms with Crippen molar-refractivity contribution in [3.05, 3.63) is 53.6 Å². The minimum atomic E-state index is -3.59. The number of nitrogens with zero attached hydrogens (tertiary/aromatic N) is 2. The summed E-state index contributed by atoms with van der Waals surface area (Å²) in [6.07, 6.45) is 0. The molecule has 0 amide bonds. The maximum atomic E-state index is 11.9. The summed E-state index contributed by atoms with van der Waals surface area (Å²) in [6, 6.07) is 13.5. The average Bonchev–Trinajstić information content (AvgIpc) is 3.05. The van der Waals surface area contributed by atoms with Gasteiger partial charge in [-0.1, -0.05) is 29.8 Å². The average molecular weight is 350 g/mol. The quantitative estimate of drug-likeness (QED) is 0.782. The molecule has 0 spiro atoms. The second kappa shape index (κ2) is 6.11. The summed E-state index contributed by atoms with van der Waals surface area (Å²) >= 11 is 6.14. The molecule has 6 nitrogen and oxygen atoms in total. The molecule has 8 heteroatoms. The monoisotopic (exact) mass is 349 g/mol. The van der Waals surface area contributed by atoms with Crippen molar-refractivity contribution in [3.63, 3.8) is 0 Å². The number of rotatable bonds is 4. The summed E-state index contributed by atoms with van der Waals surface area (Å²) < 4.78 is 31.7. The van der Waals surface area contributed by atoms with Gasteiger partial charge in [-0.2, -0.15) is 0 Å². The summed E-state index contributed by atoms with van der Waals surface area (Å²) in [5.41, 5.74) is 1.12. The first-order valence-electron chi connectivity index (χ1n) is 6.63. The summed E-state index contributed by atoms with van der Waals surface area (Å²) in [5.74, 6) is 0.487. The van der Waals surface area contributed by atoms with E-state index in [2.05, 4.69) is 14.9 Å². The van der Waals surface area contributed by atoms with Gasteiger partial charge in [0.25, 0.3) is 0 Å². The second-order valence-electron chi connectivity index (χ2n) is 4.63. The molecule has 0 aliphatic carbocycles. The molecule has 3 aromatic rings. The van der Waals surface area contributed by atoms with Crippen molar-refractivity contribution in [2.45, 2.75) is 4.90 Å². The Morgan fingerprint density at radius 3 is 2.43 bits per heavy atom. The Hall–Kier alpha value is -2.22. The molecule has 118 valence electrons. The maximum absolute atomic E-state index is 11.9. The van der Waals surface area contributed by atoms with E-state index in [1.54, 1.807) is 0 Å². The number of nitrogens with one attached hydrogen (secondary N) is 1. The van der Waals surface area contributed by atoms with E-state index in [9.17, 15) is 8.42 Å². The molecule has 0 aliphatic rings. The van der Waals surface area contributed by atoms with Crippen LogP contribution in [-0.4, -0.2) is 25.7 Å². The van der Waals surface area contributed by atoms with Crippen molar-refractivity contribution >= 4 is 21.6 Å². The minimum absolute atomic E-state index is 0.0684. The van der Waals surface area contributed by atoms with Gasteiger partial charge in [-0.15, -0.1) is 10.2 Å². The van der Waals surface area contributed by atoms with Crippen LogP contribution in [0.3, 0.4) is 0 Å². The van der Waals surface area contributed by atoms with E-state index in [0.29, 0.717) is 16.5 Å². The van der Waals surface area contributed by atoms with Crippen LogP contribution in [0.4, 0.5) is 0 Å². The Labute approximate surface area is 138 Å². The third-order valence-electron chi connectivity index (χ3n) is 3.19. The molecule has 1 heterocycles. The van der Waals surface area contributed by atoms with Gasteiger partial charge in [-0.05, 0) is 37.4 Å². The fourth-order valence-electron chi connectivity index (χ4n) is 1.98. The number of sulfonamides is 1. The third-order valence-corrected chi connectivity index (χ3v) is 4.93. The number of hydrogen-bond donors (Lipinski definition) is 1. The summed E-state index contributed by atoms with van der Waals surface area (Å²) in [7, 11) is -2.25. The first-order chi connectivity index (χ1) is 11.0. The Kier molecular flexibility index (Phi) is 4.16. The van der Waals surface area contributed by atoms with Gasteiger partial charge in [0.05, 0.1) is 15.5 Å². The molecule has 0 fully saturated rings. The van der Waals surface area contributed by atoms with Crippen LogP contribution >= 0.6 is 11.6 Å². The standard InChI is InChI=1S/C15H12ClN3O3S/c1-17-23(20,21)11-7-8-13(16)12(9-11)15-19-18-14(22-15)10-5-3-2-4-6-10/h2-9,17H,1H3. The van der Waals surface area contributed by atoms with Crippen LogP contribution in [0.1, 0.15) is 0 Å². The topological polar surface area (TPSA) is 85.1 Å². The largest absolute Gasteiger partial charge is 0.416 e. The van der Waals surface area contributed by atoms with Crippen molar-refractivity contribution in [1.29, 1.82) is 0 Å². The van der Waals surface area contributed by atoms with Crippen LogP contribution in [0.2, 0.25) is 5.02 Å². The highest BCUT2D eigenvalue weighted by atomic mass is 35.5. The van der Waals surface area contributed by atoms with Gasteiger partial charge in [0.2, 0.25) is 21.8 Å². The first kappa shape index (κ1) is 15.7. The zero-order valence-corrected chi connectivity index (χ0v) is 13.6. The Bertz CT molecular complexity index is 940. The van der Waals surface area contributed by atoms with Crippen molar-refractivity contribution < 1.29 is 12.8 Å². The highest BCUT2D eigenvalue weighted by Crippen LogP contribution is 2.31. The zero-order chi connectivity index (χ0) is 16.4. The highest BCUT2D eigenvalue weighted by Gasteiger charge is 2.18. The van der Waals surface area contributed by atoms with Crippen LogP contribution in [0.15, 0.2) is 57.8 Å². The van der Waals surface area contributed by atoms with E-state index >= 15 is 0 Å². The SMILES string of the molecule is CNS(=O)(=O)c1ccc(Cl)c(-c2nnc(-c3ccccc3)o2)c1. The molecule has 23 heavy (non-hydrogen) atoms. The smallest absolute Gasteiger partial charge is 0.249 e. The maximum Gasteiger partial charge on any atom is 0.249 e. The molecule has 0 saturated carbocycles. The molecule has 0 saturated heterocycles. The lowest BCUT2D eigenvalue weighted by Crippen LogP contribution is -2.18. The number of benzene rings is 2. The summed E-state index contributed by atoms with van der Waals surface area (Å²) in [6.45, 7) is 0. The zero-order valence-electron chi connectivity index (χ0n) is 12.0. The predicted octanol–water partition coefficient (Wildman–Crippen LogP) is 2.97. The van der Waals surface area contributed by atoms with Gasteiger partial charge in [-0.3, -0.25) is 0 Å². The molecule has 0 bridgehead atoms. The van der Waals surface area contributed by atoms with E-state index in [1.807, 2.05) is 30.3 Å².